The van der Waals surface area contributed by atoms with Crippen molar-refractivity contribution in [2.24, 2.45) is 0 Å². The fourth-order valence-electron chi connectivity index (χ4n) is 1.76. The molecule has 3 rings (SSSR count). The number of imidazole rings is 1. The molecular weight excluding hydrogens is 358 g/mol. The predicted octanol–water partition coefficient (Wildman–Crippen LogP) is 4.28. The summed E-state index contributed by atoms with van der Waals surface area (Å²) in [4.78, 5) is 12.0. The van der Waals surface area contributed by atoms with E-state index in [1.54, 1.807) is 6.20 Å². The topological polar surface area (TPSA) is 41.6 Å². The van der Waals surface area contributed by atoms with Crippen LogP contribution in [0.25, 0.3) is 22.6 Å². The Morgan fingerprint density at radius 1 is 1.17 bits per heavy atom. The van der Waals surface area contributed by atoms with Gasteiger partial charge in [-0.15, -0.1) is 0 Å². The molecule has 0 aliphatic carbocycles. The minimum atomic E-state index is 0.803. The van der Waals surface area contributed by atoms with Crippen molar-refractivity contribution in [2.75, 3.05) is 0 Å². The van der Waals surface area contributed by atoms with Crippen molar-refractivity contribution in [1.82, 2.24) is 15.0 Å². The number of H-pyrrole nitrogens is 1. The molecule has 0 radical (unpaired) electrons. The van der Waals surface area contributed by atoms with Gasteiger partial charge in [0.05, 0.1) is 0 Å². The smallest absolute Gasteiger partial charge is 0.157 e. The number of fused-ring (bicyclic) bond motifs is 1. The zero-order valence-corrected chi connectivity index (χ0v) is 12.5. The van der Waals surface area contributed by atoms with Crippen molar-refractivity contribution in [1.29, 1.82) is 0 Å². The number of alkyl halides is 1. The van der Waals surface area contributed by atoms with Crippen LogP contribution in [0.3, 0.4) is 0 Å². The second-order valence-electron chi connectivity index (χ2n) is 3.94. The third kappa shape index (κ3) is 2.20. The van der Waals surface area contributed by atoms with Gasteiger partial charge >= 0.3 is 0 Å². The highest BCUT2D eigenvalue weighted by molar-refractivity contribution is 9.10. The van der Waals surface area contributed by atoms with Crippen molar-refractivity contribution in [3.63, 3.8) is 0 Å². The average molecular weight is 367 g/mol. The maximum Gasteiger partial charge on any atom is 0.157 e. The number of hydrogen-bond acceptors (Lipinski definition) is 2. The molecule has 2 aromatic heterocycles. The average Bonchev–Trinajstić information content (AvgIpc) is 2.81. The van der Waals surface area contributed by atoms with Crippen molar-refractivity contribution < 1.29 is 0 Å². The molecule has 18 heavy (non-hydrogen) atoms. The maximum absolute atomic E-state index is 4.54. The molecule has 0 spiro atoms. The van der Waals surface area contributed by atoms with Gasteiger partial charge in [0.25, 0.3) is 0 Å². The lowest BCUT2D eigenvalue weighted by atomic mass is 10.1. The van der Waals surface area contributed by atoms with E-state index in [0.717, 1.165) is 32.4 Å². The number of nitrogens with zero attached hydrogens (tertiary/aromatic N) is 2. The minimum absolute atomic E-state index is 0.803. The number of rotatable bonds is 2. The van der Waals surface area contributed by atoms with Gasteiger partial charge in [-0.1, -0.05) is 40.2 Å². The number of aromatic nitrogens is 3. The summed E-state index contributed by atoms with van der Waals surface area (Å²) >= 11 is 6.83. The van der Waals surface area contributed by atoms with Crippen LogP contribution in [0.5, 0.6) is 0 Å². The van der Waals surface area contributed by atoms with Gasteiger partial charge in [0.1, 0.15) is 11.3 Å². The van der Waals surface area contributed by atoms with E-state index < -0.39 is 0 Å². The normalized spacial score (nSPS) is 11.0. The molecule has 0 bridgehead atoms. The quantitative estimate of drug-likeness (QED) is 0.687. The molecule has 0 saturated heterocycles. The predicted molar refractivity (Wildman–Crippen MR) is 79.7 cm³/mol. The van der Waals surface area contributed by atoms with E-state index in [0.29, 0.717) is 0 Å². The second-order valence-corrected chi connectivity index (χ2v) is 5.41. The summed E-state index contributed by atoms with van der Waals surface area (Å²) in [6.07, 6.45) is 1.76. The molecule has 5 heteroatoms. The minimum Gasteiger partial charge on any atom is -0.323 e. The number of halogens is 2. The standard InChI is InChI=1S/C13H9Br2N3/c14-6-8-1-3-9(4-2-8)12-17-11-5-10(15)7-16-13(11)18-12/h1-5,7H,6H2,(H,16,17,18). The summed E-state index contributed by atoms with van der Waals surface area (Å²) in [6.45, 7) is 0. The summed E-state index contributed by atoms with van der Waals surface area (Å²) in [5.74, 6) is 0.844. The lowest BCUT2D eigenvalue weighted by Gasteiger charge is -1.98. The Labute approximate surface area is 121 Å². The first-order valence-corrected chi connectivity index (χ1v) is 7.34. The monoisotopic (exact) mass is 365 g/mol. The first-order valence-electron chi connectivity index (χ1n) is 5.43. The van der Waals surface area contributed by atoms with Gasteiger partial charge in [-0.2, -0.15) is 0 Å². The van der Waals surface area contributed by atoms with Gasteiger partial charge in [0.2, 0.25) is 0 Å². The van der Waals surface area contributed by atoms with Crippen molar-refractivity contribution in [3.8, 4) is 11.4 Å². The van der Waals surface area contributed by atoms with Crippen molar-refractivity contribution in [2.45, 2.75) is 5.33 Å². The van der Waals surface area contributed by atoms with E-state index >= 15 is 0 Å². The van der Waals surface area contributed by atoms with Crippen LogP contribution < -0.4 is 0 Å². The largest absolute Gasteiger partial charge is 0.323 e. The first-order chi connectivity index (χ1) is 8.76. The van der Waals surface area contributed by atoms with Crippen LogP contribution in [-0.2, 0) is 5.33 Å². The molecule has 0 aliphatic heterocycles. The van der Waals surface area contributed by atoms with E-state index in [1.807, 2.05) is 6.07 Å². The number of benzene rings is 1. The highest BCUT2D eigenvalue weighted by Gasteiger charge is 2.06. The molecule has 1 N–H and O–H groups in total. The van der Waals surface area contributed by atoms with Gasteiger partial charge in [-0.3, -0.25) is 0 Å². The second kappa shape index (κ2) is 4.82. The zero-order valence-electron chi connectivity index (χ0n) is 9.32. The van der Waals surface area contributed by atoms with Gasteiger partial charge in [-0.05, 0) is 27.6 Å². The van der Waals surface area contributed by atoms with Gasteiger partial charge in [0, 0.05) is 21.6 Å². The summed E-state index contributed by atoms with van der Waals surface area (Å²) in [6, 6.07) is 10.2. The van der Waals surface area contributed by atoms with E-state index in [-0.39, 0.29) is 0 Å². The molecular formula is C13H9Br2N3. The number of pyridine rings is 1. The van der Waals surface area contributed by atoms with E-state index in [1.165, 1.54) is 5.56 Å². The van der Waals surface area contributed by atoms with E-state index in [2.05, 4.69) is 71.1 Å². The summed E-state index contributed by atoms with van der Waals surface area (Å²) in [5, 5.41) is 0.863. The lowest BCUT2D eigenvalue weighted by molar-refractivity contribution is 1.29. The van der Waals surface area contributed by atoms with E-state index in [9.17, 15) is 0 Å². The number of hydrogen-bond donors (Lipinski definition) is 1. The number of aromatic amines is 1. The Morgan fingerprint density at radius 2 is 1.94 bits per heavy atom. The molecule has 90 valence electrons. The Kier molecular flexibility index (Phi) is 3.18. The van der Waals surface area contributed by atoms with Crippen LogP contribution in [0.4, 0.5) is 0 Å². The molecule has 3 aromatic rings. The third-order valence-electron chi connectivity index (χ3n) is 2.68. The Bertz CT molecular complexity index is 689. The molecule has 0 aliphatic rings. The fraction of sp³-hybridized carbons (Fsp3) is 0.0769. The molecule has 2 heterocycles. The highest BCUT2D eigenvalue weighted by atomic mass is 79.9. The van der Waals surface area contributed by atoms with E-state index in [4.69, 9.17) is 0 Å². The molecule has 0 atom stereocenters. The SMILES string of the molecule is BrCc1ccc(-c2nc3cc(Br)cnc3[nH]2)cc1. The summed E-state index contributed by atoms with van der Waals surface area (Å²) < 4.78 is 0.933. The maximum atomic E-state index is 4.54. The van der Waals surface area contributed by atoms with Crippen molar-refractivity contribution in [3.05, 3.63) is 46.6 Å². The van der Waals surface area contributed by atoms with Crippen molar-refractivity contribution >= 4 is 43.0 Å². The van der Waals surface area contributed by atoms with Crippen LogP contribution in [0, 0.1) is 0 Å². The Hall–Kier alpha value is -1.20. The van der Waals surface area contributed by atoms with Crippen LogP contribution >= 0.6 is 31.9 Å². The number of nitrogens with one attached hydrogen (secondary N) is 1. The highest BCUT2D eigenvalue weighted by Crippen LogP contribution is 2.22. The van der Waals surface area contributed by atoms with Crippen LogP contribution in [0.15, 0.2) is 41.0 Å². The molecule has 1 aromatic carbocycles. The molecule has 0 unspecified atom stereocenters. The van der Waals surface area contributed by atoms with Crippen LogP contribution in [0.1, 0.15) is 5.56 Å². The molecule has 0 amide bonds. The Morgan fingerprint density at radius 3 is 2.67 bits per heavy atom. The molecule has 0 saturated carbocycles. The van der Waals surface area contributed by atoms with Crippen LogP contribution in [-0.4, -0.2) is 15.0 Å². The fourth-order valence-corrected chi connectivity index (χ4v) is 2.45. The zero-order chi connectivity index (χ0) is 12.5. The Balaban J connectivity index is 2.07. The summed E-state index contributed by atoms with van der Waals surface area (Å²) in [7, 11) is 0. The van der Waals surface area contributed by atoms with Crippen LogP contribution in [0.2, 0.25) is 0 Å². The molecule has 0 fully saturated rings. The van der Waals surface area contributed by atoms with Gasteiger partial charge in [0.15, 0.2) is 5.65 Å². The third-order valence-corrected chi connectivity index (χ3v) is 3.77. The first kappa shape index (κ1) is 11.9. The molecule has 3 nitrogen and oxygen atoms in total. The van der Waals surface area contributed by atoms with Gasteiger partial charge in [-0.25, -0.2) is 9.97 Å². The summed E-state index contributed by atoms with van der Waals surface area (Å²) in [5.41, 5.74) is 3.98. The lowest BCUT2D eigenvalue weighted by Crippen LogP contribution is -1.82. The van der Waals surface area contributed by atoms with Gasteiger partial charge < -0.3 is 4.98 Å².